The number of hydrogen-bond acceptors (Lipinski definition) is 3. The van der Waals surface area contributed by atoms with Crippen LogP contribution in [0.1, 0.15) is 30.0 Å². The molecule has 4 nitrogen and oxygen atoms in total. The molecule has 1 fully saturated rings. The van der Waals surface area contributed by atoms with Crippen LogP contribution in [0.2, 0.25) is 0 Å². The highest BCUT2D eigenvalue weighted by Gasteiger charge is 2.26. The van der Waals surface area contributed by atoms with Gasteiger partial charge in [0.15, 0.2) is 0 Å². The fraction of sp³-hybridized carbons (Fsp3) is 0.182. The van der Waals surface area contributed by atoms with Crippen molar-refractivity contribution in [2.45, 2.75) is 24.6 Å². The van der Waals surface area contributed by atoms with Gasteiger partial charge in [-0.1, -0.05) is 12.1 Å². The molecule has 0 saturated heterocycles. The molecule has 2 N–H and O–H groups in total. The van der Waals surface area contributed by atoms with Gasteiger partial charge in [-0.15, -0.1) is 11.6 Å². The first kappa shape index (κ1) is 16.3. The molecule has 27 heavy (non-hydrogen) atoms. The molecule has 0 aliphatic heterocycles. The lowest BCUT2D eigenvalue weighted by Crippen LogP contribution is -2.00. The minimum Gasteiger partial charge on any atom is -0.383 e. The number of pyridine rings is 2. The van der Waals surface area contributed by atoms with Crippen molar-refractivity contribution in [3.63, 3.8) is 0 Å². The maximum atomic E-state index is 6.20. The van der Waals surface area contributed by atoms with Gasteiger partial charge in [0.05, 0.1) is 11.2 Å². The topological polar surface area (TPSA) is 56.7 Å². The smallest absolute Gasteiger partial charge is 0.132 e. The van der Waals surface area contributed by atoms with Crippen LogP contribution >= 0.6 is 11.6 Å². The van der Waals surface area contributed by atoms with Gasteiger partial charge in [0.1, 0.15) is 5.82 Å². The van der Waals surface area contributed by atoms with E-state index in [0.717, 1.165) is 33.4 Å². The van der Waals surface area contributed by atoms with Crippen LogP contribution < -0.4 is 5.73 Å². The minimum atomic E-state index is 0.505. The van der Waals surface area contributed by atoms with E-state index in [4.69, 9.17) is 17.3 Å². The van der Waals surface area contributed by atoms with Crippen molar-refractivity contribution in [3.8, 4) is 16.9 Å². The Morgan fingerprint density at radius 1 is 1.07 bits per heavy atom. The number of fused-ring (bicyclic) bond motifs is 1. The Bertz CT molecular complexity index is 1130. The van der Waals surface area contributed by atoms with Crippen LogP contribution in [-0.2, 0) is 5.88 Å². The highest BCUT2D eigenvalue weighted by atomic mass is 35.5. The first-order chi connectivity index (χ1) is 13.2. The Morgan fingerprint density at radius 3 is 2.59 bits per heavy atom. The van der Waals surface area contributed by atoms with Crippen LogP contribution in [0.5, 0.6) is 0 Å². The third-order valence-electron chi connectivity index (χ3n) is 5.17. The summed E-state index contributed by atoms with van der Waals surface area (Å²) in [4.78, 5) is 8.96. The number of anilines is 1. The van der Waals surface area contributed by atoms with Crippen molar-refractivity contribution in [1.82, 2.24) is 14.5 Å². The first-order valence-corrected chi connectivity index (χ1v) is 9.65. The number of nitrogens with zero attached hydrogens (tertiary/aromatic N) is 3. The molecule has 3 heterocycles. The second-order valence-electron chi connectivity index (χ2n) is 7.04. The van der Waals surface area contributed by atoms with Gasteiger partial charge < -0.3 is 10.3 Å². The Kier molecular flexibility index (Phi) is 3.87. The van der Waals surface area contributed by atoms with Gasteiger partial charge in [0.2, 0.25) is 0 Å². The summed E-state index contributed by atoms with van der Waals surface area (Å²) in [6.07, 6.45) is 6.15. The normalized spacial score (nSPS) is 14.0. The van der Waals surface area contributed by atoms with E-state index in [1.165, 1.54) is 18.5 Å². The van der Waals surface area contributed by atoms with E-state index < -0.39 is 0 Å². The molecule has 4 aromatic rings. The van der Waals surface area contributed by atoms with E-state index in [2.05, 4.69) is 50.9 Å². The number of rotatable bonds is 4. The van der Waals surface area contributed by atoms with Crippen molar-refractivity contribution in [1.29, 1.82) is 0 Å². The zero-order chi connectivity index (χ0) is 18.4. The number of nitrogens with two attached hydrogens (primary N) is 1. The number of alkyl halides is 1. The van der Waals surface area contributed by atoms with E-state index >= 15 is 0 Å². The molecular formula is C22H19ClN4. The summed E-state index contributed by atoms with van der Waals surface area (Å²) in [5, 5.41) is 1.10. The summed E-state index contributed by atoms with van der Waals surface area (Å²) in [5.41, 5.74) is 12.6. The fourth-order valence-electron chi connectivity index (χ4n) is 3.56. The van der Waals surface area contributed by atoms with Crippen molar-refractivity contribution in [2.75, 3.05) is 5.73 Å². The average molecular weight is 375 g/mol. The number of nitrogen functional groups attached to an aromatic ring is 1. The molecule has 0 amide bonds. The Morgan fingerprint density at radius 2 is 1.89 bits per heavy atom. The lowest BCUT2D eigenvalue weighted by atomic mass is 10.1. The summed E-state index contributed by atoms with van der Waals surface area (Å²) >= 11 is 5.97. The molecule has 1 aliphatic rings. The SMILES string of the molecule is Nc1ncccc1-c1cc2cnc(C3CC3)cc2n1-c1ccc(CCl)cc1. The van der Waals surface area contributed by atoms with Crippen LogP contribution in [0.4, 0.5) is 5.82 Å². The molecule has 1 saturated carbocycles. The monoisotopic (exact) mass is 374 g/mol. The van der Waals surface area contributed by atoms with Crippen LogP contribution in [0.25, 0.3) is 27.8 Å². The molecule has 0 spiro atoms. The number of halogens is 1. The summed E-state index contributed by atoms with van der Waals surface area (Å²) in [5.74, 6) is 1.63. The Hall–Kier alpha value is -2.85. The second-order valence-corrected chi connectivity index (χ2v) is 7.31. The maximum absolute atomic E-state index is 6.20. The van der Waals surface area contributed by atoms with Crippen LogP contribution in [0, 0.1) is 0 Å². The van der Waals surface area contributed by atoms with E-state index in [1.807, 2.05) is 18.3 Å². The molecule has 0 bridgehead atoms. The van der Waals surface area contributed by atoms with E-state index in [1.54, 1.807) is 6.20 Å². The van der Waals surface area contributed by atoms with E-state index in [0.29, 0.717) is 17.6 Å². The lowest BCUT2D eigenvalue weighted by molar-refractivity contribution is 1.02. The summed E-state index contributed by atoms with van der Waals surface area (Å²) in [7, 11) is 0. The molecule has 0 atom stereocenters. The highest BCUT2D eigenvalue weighted by molar-refractivity contribution is 6.17. The number of aromatic nitrogens is 3. The first-order valence-electron chi connectivity index (χ1n) is 9.12. The Balaban J connectivity index is 1.78. The standard InChI is InChI=1S/C22H19ClN4/c23-12-14-3-7-17(8-4-14)27-20-11-19(15-5-6-15)26-13-16(20)10-21(27)18-2-1-9-25-22(18)24/h1-4,7-11,13,15H,5-6,12H2,(H2,24,25). The second kappa shape index (κ2) is 6.39. The van der Waals surface area contributed by atoms with Gasteiger partial charge in [-0.3, -0.25) is 4.98 Å². The average Bonchev–Trinajstić information content (AvgIpc) is 3.49. The van der Waals surface area contributed by atoms with Gasteiger partial charge in [-0.2, -0.15) is 0 Å². The highest BCUT2D eigenvalue weighted by Crippen LogP contribution is 2.41. The summed E-state index contributed by atoms with van der Waals surface area (Å²) in [6.45, 7) is 0. The molecular weight excluding hydrogens is 356 g/mol. The minimum absolute atomic E-state index is 0.505. The zero-order valence-corrected chi connectivity index (χ0v) is 15.5. The molecule has 1 aliphatic carbocycles. The van der Waals surface area contributed by atoms with Gasteiger partial charge in [-0.25, -0.2) is 4.98 Å². The fourth-order valence-corrected chi connectivity index (χ4v) is 3.74. The van der Waals surface area contributed by atoms with Crippen molar-refractivity contribution in [3.05, 3.63) is 72.2 Å². The number of benzene rings is 1. The molecule has 0 unspecified atom stereocenters. The van der Waals surface area contributed by atoms with Gasteiger partial charge in [0, 0.05) is 46.5 Å². The molecule has 134 valence electrons. The van der Waals surface area contributed by atoms with Gasteiger partial charge >= 0.3 is 0 Å². The van der Waals surface area contributed by atoms with Crippen LogP contribution in [0.3, 0.4) is 0 Å². The Labute approximate surface area is 162 Å². The largest absolute Gasteiger partial charge is 0.383 e. The molecule has 0 radical (unpaired) electrons. The predicted molar refractivity (Wildman–Crippen MR) is 110 cm³/mol. The van der Waals surface area contributed by atoms with Crippen molar-refractivity contribution >= 4 is 28.3 Å². The zero-order valence-electron chi connectivity index (χ0n) is 14.8. The lowest BCUT2D eigenvalue weighted by Gasteiger charge is -2.13. The molecule has 1 aromatic carbocycles. The van der Waals surface area contributed by atoms with Crippen LogP contribution in [0.15, 0.2) is 60.9 Å². The summed E-state index contributed by atoms with van der Waals surface area (Å²) < 4.78 is 2.24. The van der Waals surface area contributed by atoms with E-state index in [-0.39, 0.29) is 0 Å². The summed E-state index contributed by atoms with van der Waals surface area (Å²) in [6, 6.07) is 16.6. The third-order valence-corrected chi connectivity index (χ3v) is 5.47. The number of hydrogen-bond donors (Lipinski definition) is 1. The van der Waals surface area contributed by atoms with E-state index in [9.17, 15) is 0 Å². The van der Waals surface area contributed by atoms with Gasteiger partial charge in [0.25, 0.3) is 0 Å². The maximum Gasteiger partial charge on any atom is 0.132 e. The van der Waals surface area contributed by atoms with Crippen molar-refractivity contribution < 1.29 is 0 Å². The molecule has 5 heteroatoms. The predicted octanol–water partition coefficient (Wildman–Crippen LogP) is 5.29. The van der Waals surface area contributed by atoms with Gasteiger partial charge in [-0.05, 0) is 54.8 Å². The third kappa shape index (κ3) is 2.86. The molecule has 3 aromatic heterocycles. The molecule has 5 rings (SSSR count). The quantitative estimate of drug-likeness (QED) is 0.494. The van der Waals surface area contributed by atoms with Crippen molar-refractivity contribution in [2.24, 2.45) is 0 Å². The van der Waals surface area contributed by atoms with Crippen LogP contribution in [-0.4, -0.2) is 14.5 Å².